The van der Waals surface area contributed by atoms with Crippen molar-refractivity contribution >= 4 is 28.7 Å². The van der Waals surface area contributed by atoms with Crippen LogP contribution in [0.5, 0.6) is 0 Å². The minimum absolute atomic E-state index is 0.00523. The maximum absolute atomic E-state index is 13.2. The zero-order chi connectivity index (χ0) is 26.9. The van der Waals surface area contributed by atoms with E-state index in [1.54, 1.807) is 30.1 Å². The summed E-state index contributed by atoms with van der Waals surface area (Å²) in [6, 6.07) is 2.16. The molecule has 3 N–H and O–H groups in total. The largest absolute Gasteiger partial charge is 0.390 e. The van der Waals surface area contributed by atoms with E-state index >= 15 is 0 Å². The van der Waals surface area contributed by atoms with Gasteiger partial charge >= 0.3 is 6.03 Å². The summed E-state index contributed by atoms with van der Waals surface area (Å²) < 4.78 is 5.63. The fourth-order valence-corrected chi connectivity index (χ4v) is 7.65. The zero-order valence-corrected chi connectivity index (χ0v) is 22.3. The first-order valence-electron chi connectivity index (χ1n) is 13.8. The van der Waals surface area contributed by atoms with Crippen LogP contribution in [0, 0.1) is 17.8 Å². The molecule has 5 atom stereocenters. The van der Waals surface area contributed by atoms with Gasteiger partial charge in [0.25, 0.3) is 17.6 Å². The number of piperazine rings is 1. The number of fused-ring (bicyclic) bond motifs is 1. The average molecular weight is 535 g/mol. The fourth-order valence-electron chi connectivity index (χ4n) is 7.65. The fraction of sp³-hybridized carbons (Fsp3) is 0.593. The van der Waals surface area contributed by atoms with Crippen LogP contribution < -0.4 is 5.32 Å². The number of aliphatic hydroxyl groups is 1. The van der Waals surface area contributed by atoms with E-state index in [4.69, 9.17) is 4.52 Å². The van der Waals surface area contributed by atoms with Gasteiger partial charge in [-0.2, -0.15) is 4.98 Å². The Morgan fingerprint density at radius 3 is 2.54 bits per heavy atom. The van der Waals surface area contributed by atoms with Crippen LogP contribution in [0.3, 0.4) is 0 Å². The van der Waals surface area contributed by atoms with Crippen molar-refractivity contribution in [3.05, 3.63) is 24.3 Å². The molecule has 5 aliphatic rings. The number of aromatic amines is 1. The van der Waals surface area contributed by atoms with Crippen molar-refractivity contribution < 1.29 is 19.2 Å². The smallest absolute Gasteiger partial charge is 0.319 e. The van der Waals surface area contributed by atoms with Gasteiger partial charge in [-0.1, -0.05) is 5.16 Å². The molecule has 12 nitrogen and oxygen atoms in total. The van der Waals surface area contributed by atoms with Gasteiger partial charge in [0.1, 0.15) is 5.65 Å². The van der Waals surface area contributed by atoms with Crippen LogP contribution in [-0.4, -0.2) is 104 Å². The number of hydrogen-bond donors (Lipinski definition) is 3. The second-order valence-corrected chi connectivity index (χ2v) is 12.0. The molecule has 1 unspecified atom stereocenters. The SMILES string of the molecule is CN(C)C(=O)N1CCN(C(=O)c2noc(-c3cnc4[nH]ccc4c3N[C@H]3[C@@H]4CC5C[C@H]3C[C@@](O)(C5)C4)n2)CC1. The van der Waals surface area contributed by atoms with Crippen molar-refractivity contribution in [2.75, 3.05) is 45.6 Å². The van der Waals surface area contributed by atoms with Crippen LogP contribution in [0.1, 0.15) is 42.7 Å². The molecule has 12 heteroatoms. The Bertz CT molecular complexity index is 1410. The summed E-state index contributed by atoms with van der Waals surface area (Å²) in [6.07, 6.45) is 8.45. The summed E-state index contributed by atoms with van der Waals surface area (Å²) in [6.45, 7) is 1.72. The predicted octanol–water partition coefficient (Wildman–Crippen LogP) is 2.40. The Labute approximate surface area is 225 Å². The van der Waals surface area contributed by atoms with E-state index in [0.717, 1.165) is 48.8 Å². The number of anilines is 1. The van der Waals surface area contributed by atoms with Crippen LogP contribution in [0.2, 0.25) is 0 Å². The molecule has 5 fully saturated rings. The molecule has 39 heavy (non-hydrogen) atoms. The molecule has 0 radical (unpaired) electrons. The van der Waals surface area contributed by atoms with Gasteiger partial charge in [-0.05, 0) is 55.9 Å². The number of carbonyl (C=O) groups excluding carboxylic acids is 2. The Morgan fingerprint density at radius 2 is 1.85 bits per heavy atom. The molecule has 206 valence electrons. The summed E-state index contributed by atoms with van der Waals surface area (Å²) in [5.74, 6) is 1.35. The lowest BCUT2D eigenvalue weighted by molar-refractivity contribution is -0.129. The Morgan fingerprint density at radius 1 is 1.13 bits per heavy atom. The number of H-pyrrole nitrogens is 1. The number of nitrogens with one attached hydrogen (secondary N) is 2. The highest BCUT2D eigenvalue weighted by Gasteiger charge is 2.54. The van der Waals surface area contributed by atoms with Gasteiger partial charge in [0, 0.05) is 64.1 Å². The maximum atomic E-state index is 13.2. The number of hydrogen-bond acceptors (Lipinski definition) is 8. The van der Waals surface area contributed by atoms with Crippen LogP contribution in [-0.2, 0) is 0 Å². The lowest BCUT2D eigenvalue weighted by atomic mass is 9.52. The third-order valence-electron chi connectivity index (χ3n) is 9.21. The van der Waals surface area contributed by atoms with E-state index in [0.29, 0.717) is 49.5 Å². The molecule has 3 aromatic heterocycles. The number of carbonyl (C=O) groups is 2. The van der Waals surface area contributed by atoms with Crippen molar-refractivity contribution in [1.82, 2.24) is 34.8 Å². The van der Waals surface area contributed by atoms with E-state index in [2.05, 4.69) is 25.4 Å². The van der Waals surface area contributed by atoms with Gasteiger partial charge in [0.15, 0.2) is 0 Å². The average Bonchev–Trinajstić information content (AvgIpc) is 3.59. The second-order valence-electron chi connectivity index (χ2n) is 12.0. The topological polar surface area (TPSA) is 144 Å². The van der Waals surface area contributed by atoms with E-state index in [1.807, 2.05) is 12.3 Å². The molecule has 3 aromatic rings. The van der Waals surface area contributed by atoms with E-state index in [1.165, 1.54) is 4.90 Å². The molecule has 4 aliphatic carbocycles. The van der Waals surface area contributed by atoms with Crippen molar-refractivity contribution in [1.29, 1.82) is 0 Å². The molecule has 8 rings (SSSR count). The molecular weight excluding hydrogens is 500 g/mol. The number of urea groups is 1. The minimum atomic E-state index is -0.508. The molecule has 4 saturated carbocycles. The third-order valence-corrected chi connectivity index (χ3v) is 9.21. The quantitative estimate of drug-likeness (QED) is 0.463. The summed E-state index contributed by atoms with van der Waals surface area (Å²) in [4.78, 5) is 42.6. The Balaban J connectivity index is 1.14. The van der Waals surface area contributed by atoms with E-state index in [9.17, 15) is 14.7 Å². The highest BCUT2D eigenvalue weighted by atomic mass is 16.5. The van der Waals surface area contributed by atoms with E-state index in [-0.39, 0.29) is 29.7 Å². The highest BCUT2D eigenvalue weighted by Crippen LogP contribution is 2.56. The van der Waals surface area contributed by atoms with Crippen molar-refractivity contribution in [3.63, 3.8) is 0 Å². The van der Waals surface area contributed by atoms with Crippen LogP contribution >= 0.6 is 0 Å². The molecule has 4 bridgehead atoms. The Kier molecular flexibility index (Phi) is 5.58. The summed E-state index contributed by atoms with van der Waals surface area (Å²) in [7, 11) is 3.44. The van der Waals surface area contributed by atoms with Gasteiger partial charge < -0.3 is 34.6 Å². The molecule has 1 aliphatic heterocycles. The third kappa shape index (κ3) is 4.12. The molecule has 0 aromatic carbocycles. The standard InChI is InChI=1S/C27H34N8O4/c1-33(2)26(37)35-7-5-34(6-8-35)25(36)23-31-24(39-32-23)19-14-29-22-18(3-4-28-22)21(19)30-20-16-9-15-10-17(20)13-27(38,11-15)12-16/h3-4,14-17,20,38H,5-13H2,1-2H3,(H2,28,29,30)/t15?,16-,17+,20+,27-. The molecule has 3 amide bonds. The number of nitrogens with zero attached hydrogens (tertiary/aromatic N) is 6. The van der Waals surface area contributed by atoms with Crippen LogP contribution in [0.4, 0.5) is 10.5 Å². The first-order valence-corrected chi connectivity index (χ1v) is 13.8. The zero-order valence-electron chi connectivity index (χ0n) is 22.3. The lowest BCUT2D eigenvalue weighted by Crippen LogP contribution is -2.59. The van der Waals surface area contributed by atoms with Crippen LogP contribution in [0.25, 0.3) is 22.5 Å². The van der Waals surface area contributed by atoms with Gasteiger partial charge in [-0.25, -0.2) is 9.78 Å². The summed E-state index contributed by atoms with van der Waals surface area (Å²) in [5, 5.41) is 19.8. The number of aromatic nitrogens is 4. The second kappa shape index (κ2) is 8.94. The molecule has 1 saturated heterocycles. The number of rotatable bonds is 4. The summed E-state index contributed by atoms with van der Waals surface area (Å²) >= 11 is 0. The number of pyridine rings is 1. The van der Waals surface area contributed by atoms with Crippen molar-refractivity contribution in [3.8, 4) is 11.5 Å². The minimum Gasteiger partial charge on any atom is -0.390 e. The molecule has 0 spiro atoms. The highest BCUT2D eigenvalue weighted by molar-refractivity contribution is 5.97. The lowest BCUT2D eigenvalue weighted by Gasteiger charge is -2.58. The van der Waals surface area contributed by atoms with Crippen LogP contribution in [0.15, 0.2) is 23.0 Å². The van der Waals surface area contributed by atoms with Gasteiger partial charge in [0.05, 0.1) is 16.9 Å². The number of amides is 3. The van der Waals surface area contributed by atoms with E-state index < -0.39 is 5.60 Å². The maximum Gasteiger partial charge on any atom is 0.319 e. The van der Waals surface area contributed by atoms with Gasteiger partial charge in [-0.15, -0.1) is 0 Å². The molecule has 4 heterocycles. The summed E-state index contributed by atoms with van der Waals surface area (Å²) in [5.41, 5.74) is 1.77. The first kappa shape index (κ1) is 24.4. The monoisotopic (exact) mass is 534 g/mol. The van der Waals surface area contributed by atoms with Gasteiger partial charge in [0.2, 0.25) is 0 Å². The van der Waals surface area contributed by atoms with Gasteiger partial charge in [-0.3, -0.25) is 4.79 Å². The normalized spacial score (nSPS) is 29.7. The molecular formula is C27H34N8O4. The first-order chi connectivity index (χ1) is 18.8. The van der Waals surface area contributed by atoms with Crippen molar-refractivity contribution in [2.45, 2.75) is 43.7 Å². The predicted molar refractivity (Wildman–Crippen MR) is 142 cm³/mol. The van der Waals surface area contributed by atoms with Crippen molar-refractivity contribution in [2.24, 2.45) is 17.8 Å². The Hall–Kier alpha value is -3.67.